The van der Waals surface area contributed by atoms with Crippen LogP contribution < -0.4 is 5.32 Å². The minimum absolute atomic E-state index is 0.0937. The molecule has 0 radical (unpaired) electrons. The second kappa shape index (κ2) is 8.48. The van der Waals surface area contributed by atoms with Gasteiger partial charge in [0.05, 0.1) is 11.5 Å². The van der Waals surface area contributed by atoms with Gasteiger partial charge < -0.3 is 5.32 Å². The fraction of sp³-hybridized carbons (Fsp3) is 0.611. The van der Waals surface area contributed by atoms with Crippen LogP contribution in [0.15, 0.2) is 24.3 Å². The molecule has 1 aliphatic heterocycles. The highest BCUT2D eigenvalue weighted by atomic mass is 32.2. The van der Waals surface area contributed by atoms with Crippen LogP contribution in [0.5, 0.6) is 0 Å². The summed E-state index contributed by atoms with van der Waals surface area (Å²) in [4.78, 5) is 11.8. The van der Waals surface area contributed by atoms with Crippen molar-refractivity contribution < 1.29 is 13.2 Å². The summed E-state index contributed by atoms with van der Waals surface area (Å²) in [6.07, 6.45) is 4.87. The van der Waals surface area contributed by atoms with Crippen molar-refractivity contribution in [3.05, 3.63) is 35.4 Å². The number of amides is 1. The molecule has 23 heavy (non-hydrogen) atoms. The molecular weight excluding hydrogens is 310 g/mol. The lowest BCUT2D eigenvalue weighted by Crippen LogP contribution is -2.24. The topological polar surface area (TPSA) is 63.2 Å². The SMILES string of the molecule is Cc1ccc(CCCC(=O)NCCCC2CCS(=O)(=O)C2)cc1. The van der Waals surface area contributed by atoms with Gasteiger partial charge in [0.25, 0.3) is 0 Å². The third-order valence-electron chi connectivity index (χ3n) is 4.43. The quantitative estimate of drug-likeness (QED) is 0.742. The Balaban J connectivity index is 1.52. The smallest absolute Gasteiger partial charge is 0.220 e. The number of sulfone groups is 1. The molecule has 0 bridgehead atoms. The van der Waals surface area contributed by atoms with Gasteiger partial charge in [0.15, 0.2) is 9.84 Å². The van der Waals surface area contributed by atoms with E-state index in [4.69, 9.17) is 0 Å². The molecule has 1 amide bonds. The van der Waals surface area contributed by atoms with Gasteiger partial charge in [-0.15, -0.1) is 0 Å². The zero-order valence-corrected chi connectivity index (χ0v) is 14.7. The largest absolute Gasteiger partial charge is 0.356 e. The summed E-state index contributed by atoms with van der Waals surface area (Å²) in [6.45, 7) is 2.72. The lowest BCUT2D eigenvalue weighted by atomic mass is 10.0. The molecular formula is C18H27NO3S. The molecule has 0 spiro atoms. The molecule has 1 N–H and O–H groups in total. The molecule has 1 aliphatic rings. The van der Waals surface area contributed by atoms with Crippen LogP contribution in [0, 0.1) is 12.8 Å². The van der Waals surface area contributed by atoms with Gasteiger partial charge in [-0.05, 0) is 50.5 Å². The highest BCUT2D eigenvalue weighted by molar-refractivity contribution is 7.91. The summed E-state index contributed by atoms with van der Waals surface area (Å²) >= 11 is 0. The van der Waals surface area contributed by atoms with E-state index < -0.39 is 9.84 Å². The van der Waals surface area contributed by atoms with Gasteiger partial charge in [-0.2, -0.15) is 0 Å². The van der Waals surface area contributed by atoms with Crippen molar-refractivity contribution in [2.75, 3.05) is 18.1 Å². The third kappa shape index (κ3) is 6.73. The minimum Gasteiger partial charge on any atom is -0.356 e. The van der Waals surface area contributed by atoms with Crippen LogP contribution in [-0.2, 0) is 21.1 Å². The standard InChI is InChI=1S/C18H27NO3S/c1-15-7-9-16(10-8-15)4-2-6-18(20)19-12-3-5-17-11-13-23(21,22)14-17/h7-10,17H,2-6,11-14H2,1H3,(H,19,20). The van der Waals surface area contributed by atoms with Gasteiger partial charge in [-0.3, -0.25) is 4.79 Å². The van der Waals surface area contributed by atoms with Crippen molar-refractivity contribution in [2.24, 2.45) is 5.92 Å². The highest BCUT2D eigenvalue weighted by Crippen LogP contribution is 2.22. The molecule has 1 fully saturated rings. The molecule has 1 unspecified atom stereocenters. The van der Waals surface area contributed by atoms with E-state index in [2.05, 4.69) is 36.5 Å². The normalized spacial score (nSPS) is 19.6. The first-order valence-electron chi connectivity index (χ1n) is 8.47. The number of hydrogen-bond donors (Lipinski definition) is 1. The van der Waals surface area contributed by atoms with Crippen molar-refractivity contribution in [1.29, 1.82) is 0 Å². The number of nitrogens with one attached hydrogen (secondary N) is 1. The lowest BCUT2D eigenvalue weighted by Gasteiger charge is -2.08. The molecule has 1 heterocycles. The molecule has 128 valence electrons. The van der Waals surface area contributed by atoms with E-state index in [9.17, 15) is 13.2 Å². The van der Waals surface area contributed by atoms with Crippen LogP contribution >= 0.6 is 0 Å². The molecule has 2 rings (SSSR count). The summed E-state index contributed by atoms with van der Waals surface area (Å²) < 4.78 is 22.7. The fourth-order valence-corrected chi connectivity index (χ4v) is 4.93. The number of carbonyl (C=O) groups excluding carboxylic acids is 1. The second-order valence-electron chi connectivity index (χ2n) is 6.60. The van der Waals surface area contributed by atoms with Crippen LogP contribution in [0.4, 0.5) is 0 Å². The van der Waals surface area contributed by atoms with Gasteiger partial charge >= 0.3 is 0 Å². The van der Waals surface area contributed by atoms with Gasteiger partial charge in [0, 0.05) is 13.0 Å². The first-order valence-corrected chi connectivity index (χ1v) is 10.3. The Labute approximate surface area is 139 Å². The van der Waals surface area contributed by atoms with Gasteiger partial charge in [0.1, 0.15) is 0 Å². The van der Waals surface area contributed by atoms with Crippen molar-refractivity contribution in [1.82, 2.24) is 5.32 Å². The predicted molar refractivity (Wildman–Crippen MR) is 93.1 cm³/mol. The van der Waals surface area contributed by atoms with Crippen LogP contribution in [0.1, 0.15) is 43.2 Å². The Morgan fingerprint density at radius 2 is 1.96 bits per heavy atom. The van der Waals surface area contributed by atoms with Gasteiger partial charge in [-0.25, -0.2) is 8.42 Å². The number of rotatable bonds is 8. The Morgan fingerprint density at radius 3 is 2.61 bits per heavy atom. The van der Waals surface area contributed by atoms with Crippen molar-refractivity contribution in [3.8, 4) is 0 Å². The third-order valence-corrected chi connectivity index (χ3v) is 6.26. The Bertz CT molecular complexity index is 608. The van der Waals surface area contributed by atoms with Crippen molar-refractivity contribution in [3.63, 3.8) is 0 Å². The minimum atomic E-state index is -2.78. The Morgan fingerprint density at radius 1 is 1.22 bits per heavy atom. The average Bonchev–Trinajstić information content (AvgIpc) is 2.85. The van der Waals surface area contributed by atoms with Crippen molar-refractivity contribution >= 4 is 15.7 Å². The highest BCUT2D eigenvalue weighted by Gasteiger charge is 2.27. The molecule has 1 aromatic carbocycles. The maximum atomic E-state index is 11.8. The van der Waals surface area contributed by atoms with Crippen LogP contribution in [0.25, 0.3) is 0 Å². The number of carbonyl (C=O) groups is 1. The van der Waals surface area contributed by atoms with E-state index in [1.165, 1.54) is 11.1 Å². The monoisotopic (exact) mass is 337 g/mol. The van der Waals surface area contributed by atoms with Crippen LogP contribution in [0.2, 0.25) is 0 Å². The second-order valence-corrected chi connectivity index (χ2v) is 8.83. The molecule has 0 aromatic heterocycles. The first kappa shape index (κ1) is 18.0. The molecule has 1 saturated heterocycles. The van der Waals surface area contributed by atoms with Crippen LogP contribution in [-0.4, -0.2) is 32.4 Å². The summed E-state index contributed by atoms with van der Waals surface area (Å²) in [6, 6.07) is 8.42. The van der Waals surface area contributed by atoms with E-state index in [0.717, 1.165) is 32.1 Å². The maximum Gasteiger partial charge on any atom is 0.220 e. The summed E-state index contributed by atoms with van der Waals surface area (Å²) in [5.74, 6) is 1.05. The van der Waals surface area contributed by atoms with Gasteiger partial charge in [-0.1, -0.05) is 29.8 Å². The zero-order chi connectivity index (χ0) is 16.7. The maximum absolute atomic E-state index is 11.8. The molecule has 1 aromatic rings. The number of benzene rings is 1. The Hall–Kier alpha value is -1.36. The van der Waals surface area contributed by atoms with Gasteiger partial charge in [0.2, 0.25) is 5.91 Å². The van der Waals surface area contributed by atoms with E-state index in [0.29, 0.717) is 30.4 Å². The van der Waals surface area contributed by atoms with E-state index in [-0.39, 0.29) is 5.91 Å². The first-order chi connectivity index (χ1) is 10.9. The molecule has 4 nitrogen and oxygen atoms in total. The Kier molecular flexibility index (Phi) is 6.63. The molecule has 1 atom stereocenters. The molecule has 5 heteroatoms. The zero-order valence-electron chi connectivity index (χ0n) is 13.9. The predicted octanol–water partition coefficient (Wildman–Crippen LogP) is 2.65. The summed E-state index contributed by atoms with van der Waals surface area (Å²) in [5.41, 5.74) is 2.52. The van der Waals surface area contributed by atoms with E-state index in [1.54, 1.807) is 0 Å². The van der Waals surface area contributed by atoms with Crippen LogP contribution in [0.3, 0.4) is 0 Å². The average molecular weight is 337 g/mol. The summed E-state index contributed by atoms with van der Waals surface area (Å²) in [5, 5.41) is 2.93. The van der Waals surface area contributed by atoms with E-state index in [1.807, 2.05) is 0 Å². The number of hydrogen-bond acceptors (Lipinski definition) is 3. The lowest BCUT2D eigenvalue weighted by molar-refractivity contribution is -0.121. The van der Waals surface area contributed by atoms with E-state index >= 15 is 0 Å². The van der Waals surface area contributed by atoms with Crippen molar-refractivity contribution in [2.45, 2.75) is 45.4 Å². The summed E-state index contributed by atoms with van der Waals surface area (Å²) in [7, 11) is -2.78. The molecule has 0 saturated carbocycles. The molecule has 0 aliphatic carbocycles. The number of aryl methyl sites for hydroxylation is 2. The fourth-order valence-electron chi connectivity index (χ4n) is 3.01.